The van der Waals surface area contributed by atoms with Gasteiger partial charge in [-0.15, -0.1) is 0 Å². The summed E-state index contributed by atoms with van der Waals surface area (Å²) in [5, 5.41) is 30.5. The van der Waals surface area contributed by atoms with Crippen LogP contribution in [0.2, 0.25) is 0 Å². The lowest BCUT2D eigenvalue weighted by Crippen LogP contribution is -2.11. The molecule has 0 saturated carbocycles. The van der Waals surface area contributed by atoms with E-state index in [4.69, 9.17) is 9.47 Å². The summed E-state index contributed by atoms with van der Waals surface area (Å²) < 4.78 is 10.4. The Morgan fingerprint density at radius 1 is 0.688 bits per heavy atom. The molecule has 0 fully saturated rings. The zero-order valence-electron chi connectivity index (χ0n) is 17.7. The van der Waals surface area contributed by atoms with E-state index in [0.29, 0.717) is 39.6 Å². The molecular weight excluding hydrogens is 406 g/mol. The second-order valence-corrected chi connectivity index (χ2v) is 7.16. The third-order valence-corrected chi connectivity index (χ3v) is 5.23. The maximum Gasteiger partial charge on any atom is 0.123 e. The topological polar surface area (TPSA) is 97.6 Å². The van der Waals surface area contributed by atoms with Crippen LogP contribution in [0.3, 0.4) is 0 Å². The molecule has 2 N–H and O–H groups in total. The molecule has 0 aliphatic carbocycles. The molecular formula is C25H23N3O4. The van der Waals surface area contributed by atoms with Crippen molar-refractivity contribution in [1.29, 1.82) is 0 Å². The highest BCUT2D eigenvalue weighted by atomic mass is 16.5. The Kier molecular flexibility index (Phi) is 6.39. The van der Waals surface area contributed by atoms with Gasteiger partial charge >= 0.3 is 0 Å². The van der Waals surface area contributed by atoms with Crippen LogP contribution < -0.4 is 9.47 Å². The molecule has 2 heterocycles. The Labute approximate surface area is 186 Å². The number of aliphatic hydroxyl groups is 2. The van der Waals surface area contributed by atoms with E-state index in [-0.39, 0.29) is 0 Å². The molecule has 162 valence electrons. The number of rotatable bonds is 7. The average molecular weight is 429 g/mol. The Balaban J connectivity index is 1.75. The van der Waals surface area contributed by atoms with E-state index >= 15 is 0 Å². The zero-order chi connectivity index (χ0) is 22.5. The number of hydrogen-bond acceptors (Lipinski definition) is 7. The molecule has 7 nitrogen and oxygen atoms in total. The van der Waals surface area contributed by atoms with E-state index in [1.807, 2.05) is 12.1 Å². The third-order valence-electron chi connectivity index (χ3n) is 5.23. The first-order chi connectivity index (χ1) is 15.6. The van der Waals surface area contributed by atoms with E-state index < -0.39 is 12.2 Å². The highest BCUT2D eigenvalue weighted by molar-refractivity contribution is 5.67. The van der Waals surface area contributed by atoms with Crippen molar-refractivity contribution in [1.82, 2.24) is 15.2 Å². The zero-order valence-corrected chi connectivity index (χ0v) is 17.7. The Hall–Kier alpha value is -3.81. The van der Waals surface area contributed by atoms with Gasteiger partial charge in [0, 0.05) is 18.0 Å². The molecule has 4 aromatic rings. The van der Waals surface area contributed by atoms with Crippen molar-refractivity contribution in [2.24, 2.45) is 0 Å². The number of aliphatic hydroxyl groups excluding tert-OH is 2. The van der Waals surface area contributed by atoms with Gasteiger partial charge in [0.2, 0.25) is 0 Å². The molecule has 0 aliphatic heterocycles. The van der Waals surface area contributed by atoms with Crippen LogP contribution in [0, 0.1) is 0 Å². The number of hydrogen-bond donors (Lipinski definition) is 2. The van der Waals surface area contributed by atoms with Crippen LogP contribution in [0.5, 0.6) is 11.5 Å². The van der Waals surface area contributed by atoms with Gasteiger partial charge in [0.1, 0.15) is 29.4 Å². The number of ether oxygens (including phenoxy) is 2. The van der Waals surface area contributed by atoms with E-state index in [1.165, 1.54) is 0 Å². The lowest BCUT2D eigenvalue weighted by atomic mass is 9.96. The van der Waals surface area contributed by atoms with Gasteiger partial charge < -0.3 is 19.7 Å². The SMILES string of the molecule is COc1ccc([C@@H](O)c2nnc([C@@H](O)c3ccc(OC)cc3)cc2-c2ccncc2)cc1. The highest BCUT2D eigenvalue weighted by Gasteiger charge is 2.22. The van der Waals surface area contributed by atoms with E-state index in [1.54, 1.807) is 81.2 Å². The summed E-state index contributed by atoms with van der Waals surface area (Å²) in [7, 11) is 3.18. The van der Waals surface area contributed by atoms with Gasteiger partial charge in [-0.05, 0) is 59.2 Å². The molecule has 0 bridgehead atoms. The minimum absolute atomic E-state index is 0.368. The minimum Gasteiger partial charge on any atom is -0.497 e. The number of aromatic nitrogens is 3. The standard InChI is InChI=1S/C25H23N3O4/c1-31-19-7-3-17(4-8-19)24(29)22-15-21(16-11-13-26-14-12-16)23(28-27-22)25(30)18-5-9-20(32-2)10-6-18/h3-15,24-25,29-30H,1-2H3/t24-,25+/m0/s1. The fourth-order valence-electron chi connectivity index (χ4n) is 3.42. The number of benzene rings is 2. The van der Waals surface area contributed by atoms with Gasteiger partial charge in [0.05, 0.1) is 19.9 Å². The lowest BCUT2D eigenvalue weighted by molar-refractivity contribution is 0.206. The number of nitrogens with zero attached hydrogens (tertiary/aromatic N) is 3. The van der Waals surface area contributed by atoms with Crippen molar-refractivity contribution >= 4 is 0 Å². The fraction of sp³-hybridized carbons (Fsp3) is 0.160. The van der Waals surface area contributed by atoms with Crippen molar-refractivity contribution < 1.29 is 19.7 Å². The van der Waals surface area contributed by atoms with Gasteiger partial charge in [-0.1, -0.05) is 24.3 Å². The van der Waals surface area contributed by atoms with Crippen LogP contribution in [0.15, 0.2) is 79.1 Å². The molecule has 0 unspecified atom stereocenters. The van der Waals surface area contributed by atoms with Crippen molar-refractivity contribution in [3.63, 3.8) is 0 Å². The van der Waals surface area contributed by atoms with Crippen LogP contribution in [0.25, 0.3) is 11.1 Å². The largest absolute Gasteiger partial charge is 0.497 e. The second kappa shape index (κ2) is 9.55. The van der Waals surface area contributed by atoms with Crippen molar-refractivity contribution in [3.05, 3.63) is 102 Å². The second-order valence-electron chi connectivity index (χ2n) is 7.16. The first kappa shape index (κ1) is 21.4. The first-order valence-electron chi connectivity index (χ1n) is 10.0. The monoisotopic (exact) mass is 429 g/mol. The molecule has 0 saturated heterocycles. The molecule has 0 spiro atoms. The van der Waals surface area contributed by atoms with Gasteiger partial charge in [-0.3, -0.25) is 4.98 Å². The van der Waals surface area contributed by atoms with Gasteiger partial charge in [0.15, 0.2) is 0 Å². The van der Waals surface area contributed by atoms with E-state index in [2.05, 4.69) is 15.2 Å². The van der Waals surface area contributed by atoms with Crippen LogP contribution in [0.4, 0.5) is 0 Å². The first-order valence-corrected chi connectivity index (χ1v) is 10.0. The van der Waals surface area contributed by atoms with Gasteiger partial charge in [-0.25, -0.2) is 0 Å². The van der Waals surface area contributed by atoms with Gasteiger partial charge in [-0.2, -0.15) is 10.2 Å². The fourth-order valence-corrected chi connectivity index (χ4v) is 3.42. The van der Waals surface area contributed by atoms with Crippen molar-refractivity contribution in [3.8, 4) is 22.6 Å². The minimum atomic E-state index is -1.01. The molecule has 2 atom stereocenters. The maximum absolute atomic E-state index is 11.1. The van der Waals surface area contributed by atoms with E-state index in [9.17, 15) is 10.2 Å². The number of pyridine rings is 1. The molecule has 2 aromatic carbocycles. The normalized spacial score (nSPS) is 12.8. The van der Waals surface area contributed by atoms with E-state index in [0.717, 1.165) is 5.56 Å². The smallest absolute Gasteiger partial charge is 0.123 e. The summed E-state index contributed by atoms with van der Waals surface area (Å²) >= 11 is 0. The Morgan fingerprint density at radius 2 is 1.22 bits per heavy atom. The highest BCUT2D eigenvalue weighted by Crippen LogP contribution is 2.33. The predicted octanol–water partition coefficient (Wildman–Crippen LogP) is 3.72. The van der Waals surface area contributed by atoms with Gasteiger partial charge in [0.25, 0.3) is 0 Å². The third kappa shape index (κ3) is 4.44. The summed E-state index contributed by atoms with van der Waals surface area (Å²) in [6.07, 6.45) is 1.34. The molecule has 0 amide bonds. The summed E-state index contributed by atoms with van der Waals surface area (Å²) in [5.74, 6) is 1.39. The summed E-state index contributed by atoms with van der Waals surface area (Å²) in [5.41, 5.74) is 3.52. The molecule has 0 aliphatic rings. The lowest BCUT2D eigenvalue weighted by Gasteiger charge is -2.18. The average Bonchev–Trinajstić information content (AvgIpc) is 2.88. The molecule has 0 radical (unpaired) electrons. The molecule has 2 aromatic heterocycles. The van der Waals surface area contributed by atoms with Crippen LogP contribution in [0.1, 0.15) is 34.7 Å². The predicted molar refractivity (Wildman–Crippen MR) is 119 cm³/mol. The molecule has 7 heteroatoms. The number of methoxy groups -OCH3 is 2. The summed E-state index contributed by atoms with van der Waals surface area (Å²) in [4.78, 5) is 4.07. The maximum atomic E-state index is 11.1. The van der Waals surface area contributed by atoms with Crippen LogP contribution in [-0.2, 0) is 0 Å². The summed E-state index contributed by atoms with van der Waals surface area (Å²) in [6, 6.07) is 19.6. The van der Waals surface area contributed by atoms with Crippen molar-refractivity contribution in [2.45, 2.75) is 12.2 Å². The quantitative estimate of drug-likeness (QED) is 0.462. The summed E-state index contributed by atoms with van der Waals surface area (Å²) in [6.45, 7) is 0. The van der Waals surface area contributed by atoms with Crippen molar-refractivity contribution in [2.75, 3.05) is 14.2 Å². The van der Waals surface area contributed by atoms with Crippen LogP contribution >= 0.6 is 0 Å². The Bertz CT molecular complexity index is 1170. The molecule has 4 rings (SSSR count). The Morgan fingerprint density at radius 3 is 1.75 bits per heavy atom. The molecule has 32 heavy (non-hydrogen) atoms. The van der Waals surface area contributed by atoms with Crippen LogP contribution in [-0.4, -0.2) is 39.6 Å².